The third-order valence-electron chi connectivity index (χ3n) is 0.582. The minimum absolute atomic E-state index is 0.0346. The largest absolute Gasteiger partial charge is 0.396 e. The molecule has 0 rings (SSSR count). The normalized spacial score (nSPS) is 13.4. The van der Waals surface area contributed by atoms with Crippen LogP contribution in [-0.4, -0.2) is 23.2 Å². The number of carbonyl (C=O) groups is 1. The fraction of sp³-hybridized carbons (Fsp3) is 0.750. The second-order valence-corrected chi connectivity index (χ2v) is 1.88. The van der Waals surface area contributed by atoms with Gasteiger partial charge in [-0.2, -0.15) is 12.6 Å². The first-order valence-electron chi connectivity index (χ1n) is 2.05. The summed E-state index contributed by atoms with van der Waals surface area (Å²) in [5.74, 6) is 0. The monoisotopic (exact) mass is 120 g/mol. The first-order valence-corrected chi connectivity index (χ1v) is 2.57. The van der Waals surface area contributed by atoms with Crippen LogP contribution in [0.4, 0.5) is 0 Å². The van der Waals surface area contributed by atoms with E-state index in [2.05, 4.69) is 12.6 Å². The number of thiol groups is 1. The summed E-state index contributed by atoms with van der Waals surface area (Å²) in [5, 5.41) is 7.87. The predicted molar refractivity (Wildman–Crippen MR) is 30.5 cm³/mol. The number of aliphatic hydroxyl groups is 1. The van der Waals surface area contributed by atoms with Crippen LogP contribution in [0.2, 0.25) is 0 Å². The third-order valence-corrected chi connectivity index (χ3v) is 0.962. The molecule has 0 aromatic carbocycles. The fourth-order valence-corrected chi connectivity index (χ4v) is 0.316. The average Bonchev–Trinajstić information content (AvgIpc) is 1.68. The van der Waals surface area contributed by atoms with Crippen LogP contribution in [0.5, 0.6) is 0 Å². The maximum Gasteiger partial charge on any atom is 0.132 e. The number of carbonyl (C=O) groups excluding carboxylic acids is 1. The Morgan fingerprint density at radius 3 is 2.57 bits per heavy atom. The van der Waals surface area contributed by atoms with Gasteiger partial charge in [0.2, 0.25) is 0 Å². The van der Waals surface area contributed by atoms with Crippen LogP contribution < -0.4 is 0 Å². The standard InChI is InChI=1S/C4H8O2S/c5-2-1-4(7)3-6/h3-5,7H,1-2H2. The lowest BCUT2D eigenvalue weighted by atomic mass is 10.3. The molecule has 1 atom stereocenters. The van der Waals surface area contributed by atoms with E-state index in [1.54, 1.807) is 0 Å². The summed E-state index contributed by atoms with van der Waals surface area (Å²) in [4.78, 5) is 9.71. The Bertz CT molecular complexity index is 55.7. The zero-order valence-corrected chi connectivity index (χ0v) is 4.77. The summed E-state index contributed by atoms with van der Waals surface area (Å²) >= 11 is 3.78. The van der Waals surface area contributed by atoms with Crippen LogP contribution in [-0.2, 0) is 4.79 Å². The summed E-state index contributed by atoms with van der Waals surface area (Å²) in [6.07, 6.45) is 1.16. The van der Waals surface area contributed by atoms with Crippen molar-refractivity contribution in [1.29, 1.82) is 0 Å². The van der Waals surface area contributed by atoms with E-state index in [0.29, 0.717) is 12.7 Å². The van der Waals surface area contributed by atoms with Crippen LogP contribution in [0.15, 0.2) is 0 Å². The van der Waals surface area contributed by atoms with Crippen molar-refractivity contribution < 1.29 is 9.90 Å². The topological polar surface area (TPSA) is 37.3 Å². The molecule has 0 aliphatic heterocycles. The maximum atomic E-state index is 9.71. The maximum absolute atomic E-state index is 9.71. The molecule has 0 fully saturated rings. The molecule has 0 saturated heterocycles. The molecule has 0 aliphatic rings. The van der Waals surface area contributed by atoms with Gasteiger partial charge >= 0.3 is 0 Å². The van der Waals surface area contributed by atoms with Gasteiger partial charge in [-0.15, -0.1) is 0 Å². The van der Waals surface area contributed by atoms with Crippen LogP contribution in [0.25, 0.3) is 0 Å². The van der Waals surface area contributed by atoms with Gasteiger partial charge in [-0.25, -0.2) is 0 Å². The Hall–Kier alpha value is -0.0200. The molecule has 1 unspecified atom stereocenters. The molecule has 0 aromatic rings. The van der Waals surface area contributed by atoms with E-state index in [1.807, 2.05) is 0 Å². The molecule has 1 N–H and O–H groups in total. The molecule has 0 spiro atoms. The van der Waals surface area contributed by atoms with Crippen molar-refractivity contribution in [1.82, 2.24) is 0 Å². The fourth-order valence-electron chi connectivity index (χ4n) is 0.200. The van der Waals surface area contributed by atoms with Gasteiger partial charge in [0.15, 0.2) is 0 Å². The highest BCUT2D eigenvalue weighted by atomic mass is 32.1. The van der Waals surface area contributed by atoms with Gasteiger partial charge in [-0.1, -0.05) is 0 Å². The Morgan fingerprint density at radius 2 is 2.43 bits per heavy atom. The van der Waals surface area contributed by atoms with E-state index in [4.69, 9.17) is 5.11 Å². The van der Waals surface area contributed by atoms with Crippen LogP contribution in [0, 0.1) is 0 Å². The number of rotatable bonds is 3. The third kappa shape index (κ3) is 3.82. The smallest absolute Gasteiger partial charge is 0.132 e. The zero-order chi connectivity index (χ0) is 5.70. The second kappa shape index (κ2) is 4.15. The summed E-state index contributed by atoms with van der Waals surface area (Å²) < 4.78 is 0. The van der Waals surface area contributed by atoms with Crippen molar-refractivity contribution in [2.75, 3.05) is 6.61 Å². The number of hydrogen-bond acceptors (Lipinski definition) is 3. The summed E-state index contributed by atoms with van der Waals surface area (Å²) in [6, 6.07) is 0. The van der Waals surface area contributed by atoms with E-state index < -0.39 is 0 Å². The highest BCUT2D eigenvalue weighted by Crippen LogP contribution is 1.93. The minimum atomic E-state index is -0.287. The predicted octanol–water partition coefficient (Wildman–Crippen LogP) is -0.134. The van der Waals surface area contributed by atoms with Gasteiger partial charge < -0.3 is 9.90 Å². The number of hydrogen-bond donors (Lipinski definition) is 2. The first-order chi connectivity index (χ1) is 3.31. The molecule has 42 valence electrons. The molecule has 3 heteroatoms. The van der Waals surface area contributed by atoms with Crippen LogP contribution >= 0.6 is 12.6 Å². The molecule has 0 heterocycles. The molecule has 2 nitrogen and oxygen atoms in total. The van der Waals surface area contributed by atoms with Crippen molar-refractivity contribution in [3.8, 4) is 0 Å². The number of aldehydes is 1. The van der Waals surface area contributed by atoms with Gasteiger partial charge in [0.05, 0.1) is 5.25 Å². The first kappa shape index (κ1) is 6.98. The lowest BCUT2D eigenvalue weighted by molar-refractivity contribution is -0.107. The quantitative estimate of drug-likeness (QED) is 0.402. The highest BCUT2D eigenvalue weighted by Gasteiger charge is 1.95. The van der Waals surface area contributed by atoms with Crippen molar-refractivity contribution in [3.63, 3.8) is 0 Å². The molecule has 0 aromatic heterocycles. The Kier molecular flexibility index (Phi) is 4.14. The molecule has 0 amide bonds. The van der Waals surface area contributed by atoms with Gasteiger partial charge in [-0.05, 0) is 6.42 Å². The van der Waals surface area contributed by atoms with Crippen LogP contribution in [0.3, 0.4) is 0 Å². The van der Waals surface area contributed by atoms with Crippen molar-refractivity contribution in [2.45, 2.75) is 11.7 Å². The van der Waals surface area contributed by atoms with Gasteiger partial charge in [0.1, 0.15) is 6.29 Å². The van der Waals surface area contributed by atoms with Gasteiger partial charge in [0.25, 0.3) is 0 Å². The zero-order valence-electron chi connectivity index (χ0n) is 3.87. The Labute approximate surface area is 47.9 Å². The summed E-state index contributed by atoms with van der Waals surface area (Å²) in [6.45, 7) is 0.0346. The molecule has 0 saturated carbocycles. The van der Waals surface area contributed by atoms with E-state index in [0.717, 1.165) is 0 Å². The van der Waals surface area contributed by atoms with Crippen LogP contribution in [0.1, 0.15) is 6.42 Å². The Balaban J connectivity index is 2.98. The van der Waals surface area contributed by atoms with Crippen molar-refractivity contribution in [2.24, 2.45) is 0 Å². The number of aliphatic hydroxyl groups excluding tert-OH is 1. The van der Waals surface area contributed by atoms with E-state index >= 15 is 0 Å². The minimum Gasteiger partial charge on any atom is -0.396 e. The molecular formula is C4H8O2S. The SMILES string of the molecule is O=CC(S)CCO. The Morgan fingerprint density at radius 1 is 1.86 bits per heavy atom. The molecule has 0 bridgehead atoms. The highest BCUT2D eigenvalue weighted by molar-refractivity contribution is 7.81. The second-order valence-electron chi connectivity index (χ2n) is 1.22. The van der Waals surface area contributed by atoms with E-state index in [1.165, 1.54) is 0 Å². The lowest BCUT2D eigenvalue weighted by Gasteiger charge is -1.93. The van der Waals surface area contributed by atoms with Gasteiger partial charge in [-0.3, -0.25) is 0 Å². The molecular weight excluding hydrogens is 112 g/mol. The molecule has 0 radical (unpaired) electrons. The van der Waals surface area contributed by atoms with Crippen molar-refractivity contribution >= 4 is 18.9 Å². The lowest BCUT2D eigenvalue weighted by Crippen LogP contribution is -2.01. The van der Waals surface area contributed by atoms with Crippen molar-refractivity contribution in [3.05, 3.63) is 0 Å². The van der Waals surface area contributed by atoms with E-state index in [-0.39, 0.29) is 11.9 Å². The van der Waals surface area contributed by atoms with Gasteiger partial charge in [0, 0.05) is 6.61 Å². The average molecular weight is 120 g/mol. The summed E-state index contributed by atoms with van der Waals surface area (Å²) in [5.41, 5.74) is 0. The summed E-state index contributed by atoms with van der Waals surface area (Å²) in [7, 11) is 0. The van der Waals surface area contributed by atoms with E-state index in [9.17, 15) is 4.79 Å². The molecule has 0 aliphatic carbocycles. The molecule has 7 heavy (non-hydrogen) atoms.